The van der Waals surface area contributed by atoms with Gasteiger partial charge in [0.1, 0.15) is 6.04 Å². The van der Waals surface area contributed by atoms with Crippen molar-refractivity contribution in [1.82, 2.24) is 10.2 Å². The summed E-state index contributed by atoms with van der Waals surface area (Å²) in [7, 11) is 0. The second-order valence-electron chi connectivity index (χ2n) is 5.95. The van der Waals surface area contributed by atoms with Crippen molar-refractivity contribution in [2.24, 2.45) is 0 Å². The molecule has 0 saturated carbocycles. The monoisotopic (exact) mass is 370 g/mol. The number of urea groups is 1. The topological polar surface area (TPSA) is 49.4 Å². The Bertz CT molecular complexity index is 954. The van der Waals surface area contributed by atoms with Crippen molar-refractivity contribution in [1.29, 1.82) is 0 Å². The Kier molecular flexibility index (Phi) is 4.19. The van der Waals surface area contributed by atoms with Crippen LogP contribution in [-0.2, 0) is 17.8 Å². The maximum Gasteiger partial charge on any atom is 0.325 e. The summed E-state index contributed by atoms with van der Waals surface area (Å²) in [5.41, 5.74) is 1.02. The van der Waals surface area contributed by atoms with E-state index in [0.717, 1.165) is 20.5 Å². The molecule has 0 unspecified atom stereocenters. The molecule has 1 atom stereocenters. The number of hydrogen-bond donors (Lipinski definition) is 1. The van der Waals surface area contributed by atoms with Crippen LogP contribution >= 0.6 is 22.9 Å². The van der Waals surface area contributed by atoms with Gasteiger partial charge in [-0.1, -0.05) is 60.1 Å². The fourth-order valence-electron chi connectivity index (χ4n) is 3.02. The number of benzene rings is 2. The molecule has 3 amide bonds. The SMILES string of the molecule is O=C1N[C@H](Cc2ccccc2)C(=O)N1Cc1sc2ccccc2c1Cl. The highest BCUT2D eigenvalue weighted by molar-refractivity contribution is 7.19. The molecule has 1 saturated heterocycles. The van der Waals surface area contributed by atoms with E-state index < -0.39 is 6.04 Å². The number of amides is 3. The predicted molar refractivity (Wildman–Crippen MR) is 99.9 cm³/mol. The van der Waals surface area contributed by atoms with Crippen LogP contribution in [0.1, 0.15) is 10.4 Å². The van der Waals surface area contributed by atoms with Gasteiger partial charge in [0, 0.05) is 21.4 Å². The molecule has 4 nitrogen and oxygen atoms in total. The van der Waals surface area contributed by atoms with E-state index in [1.54, 1.807) is 0 Å². The molecule has 0 radical (unpaired) electrons. The van der Waals surface area contributed by atoms with Gasteiger partial charge in [-0.15, -0.1) is 11.3 Å². The third-order valence-corrected chi connectivity index (χ3v) is 5.99. The molecule has 1 N–H and O–H groups in total. The Hall–Kier alpha value is -2.37. The fraction of sp³-hybridized carbons (Fsp3) is 0.158. The van der Waals surface area contributed by atoms with Gasteiger partial charge in [-0.2, -0.15) is 0 Å². The second kappa shape index (κ2) is 6.50. The minimum absolute atomic E-state index is 0.203. The largest absolute Gasteiger partial charge is 0.325 e. The van der Waals surface area contributed by atoms with Gasteiger partial charge >= 0.3 is 6.03 Å². The van der Waals surface area contributed by atoms with Crippen LogP contribution in [0.4, 0.5) is 4.79 Å². The summed E-state index contributed by atoms with van der Waals surface area (Å²) in [4.78, 5) is 27.0. The Morgan fingerprint density at radius 2 is 1.76 bits per heavy atom. The molecule has 0 bridgehead atoms. The molecular weight excluding hydrogens is 356 g/mol. The van der Waals surface area contributed by atoms with Crippen LogP contribution in [0.15, 0.2) is 54.6 Å². The van der Waals surface area contributed by atoms with E-state index in [-0.39, 0.29) is 18.5 Å². The molecule has 126 valence electrons. The van der Waals surface area contributed by atoms with Crippen LogP contribution < -0.4 is 5.32 Å². The molecule has 3 aromatic rings. The Balaban J connectivity index is 1.55. The van der Waals surface area contributed by atoms with E-state index in [4.69, 9.17) is 11.6 Å². The molecular formula is C19H15ClN2O2S. The molecule has 1 fully saturated rings. The third kappa shape index (κ3) is 3.01. The van der Waals surface area contributed by atoms with E-state index in [2.05, 4.69) is 5.32 Å². The number of hydrogen-bond acceptors (Lipinski definition) is 3. The zero-order chi connectivity index (χ0) is 17.4. The van der Waals surface area contributed by atoms with Gasteiger partial charge in [-0.05, 0) is 11.6 Å². The highest BCUT2D eigenvalue weighted by Crippen LogP contribution is 2.36. The molecule has 2 aromatic carbocycles. The number of imide groups is 1. The molecule has 4 rings (SSSR count). The van der Waals surface area contributed by atoms with Crippen LogP contribution in [0.2, 0.25) is 5.02 Å². The first-order valence-electron chi connectivity index (χ1n) is 7.95. The normalized spacial score (nSPS) is 17.3. The number of nitrogens with zero attached hydrogens (tertiary/aromatic N) is 1. The summed E-state index contributed by atoms with van der Waals surface area (Å²) < 4.78 is 1.05. The highest BCUT2D eigenvalue weighted by Gasteiger charge is 2.38. The third-order valence-electron chi connectivity index (χ3n) is 4.29. The Morgan fingerprint density at radius 1 is 1.04 bits per heavy atom. The van der Waals surface area contributed by atoms with Gasteiger partial charge in [-0.25, -0.2) is 4.79 Å². The Labute approximate surface area is 154 Å². The standard InChI is InChI=1S/C19H15ClN2O2S/c20-17-13-8-4-5-9-15(13)25-16(17)11-22-18(23)14(21-19(22)24)10-12-6-2-1-3-7-12/h1-9,14H,10-11H2,(H,21,24)/t14-/m1/s1. The molecule has 2 heterocycles. The smallest absolute Gasteiger partial charge is 0.325 e. The number of fused-ring (bicyclic) bond motifs is 1. The Morgan fingerprint density at radius 3 is 2.52 bits per heavy atom. The van der Waals surface area contributed by atoms with Crippen molar-refractivity contribution in [3.63, 3.8) is 0 Å². The van der Waals surface area contributed by atoms with Crippen molar-refractivity contribution in [3.05, 3.63) is 70.1 Å². The molecule has 1 aliphatic rings. The molecule has 0 spiro atoms. The van der Waals surface area contributed by atoms with Crippen molar-refractivity contribution in [2.45, 2.75) is 19.0 Å². The lowest BCUT2D eigenvalue weighted by Gasteiger charge is -2.12. The lowest BCUT2D eigenvalue weighted by atomic mass is 10.1. The summed E-state index contributed by atoms with van der Waals surface area (Å²) in [6.45, 7) is 0.203. The number of carbonyl (C=O) groups is 2. The zero-order valence-electron chi connectivity index (χ0n) is 13.2. The van der Waals surface area contributed by atoms with Crippen LogP contribution in [0.5, 0.6) is 0 Å². The quantitative estimate of drug-likeness (QED) is 0.699. The summed E-state index contributed by atoms with van der Waals surface area (Å²) in [5.74, 6) is -0.206. The van der Waals surface area contributed by atoms with Crippen LogP contribution in [0.25, 0.3) is 10.1 Å². The number of rotatable bonds is 4. The van der Waals surface area contributed by atoms with Gasteiger partial charge in [0.15, 0.2) is 0 Å². The first-order chi connectivity index (χ1) is 12.1. The molecule has 25 heavy (non-hydrogen) atoms. The minimum atomic E-state index is -0.525. The summed E-state index contributed by atoms with van der Waals surface area (Å²) in [6.07, 6.45) is 0.488. The van der Waals surface area contributed by atoms with E-state index in [1.807, 2.05) is 54.6 Å². The fourth-order valence-corrected chi connectivity index (χ4v) is 4.51. The van der Waals surface area contributed by atoms with Crippen molar-refractivity contribution >= 4 is 45.0 Å². The zero-order valence-corrected chi connectivity index (χ0v) is 14.8. The average Bonchev–Trinajstić information content (AvgIpc) is 3.08. The first-order valence-corrected chi connectivity index (χ1v) is 9.14. The first kappa shape index (κ1) is 16.1. The summed E-state index contributed by atoms with van der Waals surface area (Å²) >= 11 is 7.95. The van der Waals surface area contributed by atoms with Crippen molar-refractivity contribution in [2.75, 3.05) is 0 Å². The maximum absolute atomic E-state index is 12.7. The van der Waals surface area contributed by atoms with Crippen molar-refractivity contribution in [3.8, 4) is 0 Å². The predicted octanol–water partition coefficient (Wildman–Crippen LogP) is 4.22. The van der Waals surface area contributed by atoms with Gasteiger partial charge in [0.2, 0.25) is 0 Å². The van der Waals surface area contributed by atoms with E-state index in [0.29, 0.717) is 11.4 Å². The van der Waals surface area contributed by atoms with E-state index in [9.17, 15) is 9.59 Å². The summed E-state index contributed by atoms with van der Waals surface area (Å²) in [5, 5.41) is 4.35. The van der Waals surface area contributed by atoms with Gasteiger partial charge in [-0.3, -0.25) is 9.69 Å². The van der Waals surface area contributed by atoms with Crippen LogP contribution in [-0.4, -0.2) is 22.9 Å². The molecule has 1 aliphatic heterocycles. The van der Waals surface area contributed by atoms with Gasteiger partial charge in [0.25, 0.3) is 5.91 Å². The molecule has 6 heteroatoms. The van der Waals surface area contributed by atoms with E-state index >= 15 is 0 Å². The molecule has 1 aromatic heterocycles. The van der Waals surface area contributed by atoms with Gasteiger partial charge < -0.3 is 5.32 Å². The van der Waals surface area contributed by atoms with Crippen molar-refractivity contribution < 1.29 is 9.59 Å². The lowest BCUT2D eigenvalue weighted by molar-refractivity contribution is -0.127. The highest BCUT2D eigenvalue weighted by atomic mass is 35.5. The number of thiophene rings is 1. The summed E-state index contributed by atoms with van der Waals surface area (Å²) in [6, 6.07) is 16.6. The number of nitrogens with one attached hydrogen (secondary N) is 1. The number of halogens is 1. The molecule has 0 aliphatic carbocycles. The second-order valence-corrected chi connectivity index (χ2v) is 7.47. The lowest BCUT2D eigenvalue weighted by Crippen LogP contribution is -2.32. The minimum Gasteiger partial charge on any atom is -0.325 e. The van der Waals surface area contributed by atoms with Crippen LogP contribution in [0, 0.1) is 0 Å². The van der Waals surface area contributed by atoms with Crippen LogP contribution in [0.3, 0.4) is 0 Å². The van der Waals surface area contributed by atoms with Gasteiger partial charge in [0.05, 0.1) is 11.6 Å². The average molecular weight is 371 g/mol. The number of carbonyl (C=O) groups excluding carboxylic acids is 2. The van der Waals surface area contributed by atoms with E-state index in [1.165, 1.54) is 16.2 Å². The maximum atomic E-state index is 12.7.